The van der Waals surface area contributed by atoms with E-state index in [1.165, 1.54) is 18.2 Å². The number of amides is 2. The highest BCUT2D eigenvalue weighted by Crippen LogP contribution is 2.29. The van der Waals surface area contributed by atoms with Crippen LogP contribution in [0.5, 0.6) is 5.75 Å². The third-order valence-corrected chi connectivity index (χ3v) is 3.72. The third kappa shape index (κ3) is 7.87. The molecule has 0 aliphatic heterocycles. The SMILES string of the molecule is O=C(Cc1ccccc1)NCCC(=O)Nc1cc(Cl)ccc1OCC(F)(F)F. The minimum Gasteiger partial charge on any atom is -0.482 e. The Hall–Kier alpha value is -2.74. The molecular weight excluding hydrogens is 397 g/mol. The highest BCUT2D eigenvalue weighted by molar-refractivity contribution is 6.31. The largest absolute Gasteiger partial charge is 0.482 e. The molecule has 0 unspecified atom stereocenters. The van der Waals surface area contributed by atoms with Crippen molar-refractivity contribution >= 4 is 29.1 Å². The van der Waals surface area contributed by atoms with E-state index < -0.39 is 18.7 Å². The van der Waals surface area contributed by atoms with Crippen molar-refractivity contribution in [2.45, 2.75) is 19.0 Å². The summed E-state index contributed by atoms with van der Waals surface area (Å²) in [4.78, 5) is 23.9. The van der Waals surface area contributed by atoms with Crippen LogP contribution in [0, 0.1) is 0 Å². The van der Waals surface area contributed by atoms with Crippen molar-refractivity contribution in [2.24, 2.45) is 0 Å². The lowest BCUT2D eigenvalue weighted by Crippen LogP contribution is -2.29. The second-order valence-corrected chi connectivity index (χ2v) is 6.29. The van der Waals surface area contributed by atoms with Crippen LogP contribution < -0.4 is 15.4 Å². The molecule has 0 radical (unpaired) electrons. The third-order valence-electron chi connectivity index (χ3n) is 3.49. The zero-order chi connectivity index (χ0) is 20.6. The highest BCUT2D eigenvalue weighted by atomic mass is 35.5. The van der Waals surface area contributed by atoms with Crippen LogP contribution in [0.1, 0.15) is 12.0 Å². The molecule has 0 saturated carbocycles. The van der Waals surface area contributed by atoms with E-state index in [4.69, 9.17) is 16.3 Å². The van der Waals surface area contributed by atoms with E-state index in [1.807, 2.05) is 30.3 Å². The topological polar surface area (TPSA) is 67.4 Å². The highest BCUT2D eigenvalue weighted by Gasteiger charge is 2.29. The Bertz CT molecular complexity index is 814. The number of benzene rings is 2. The van der Waals surface area contributed by atoms with Gasteiger partial charge >= 0.3 is 6.18 Å². The maximum Gasteiger partial charge on any atom is 0.422 e. The smallest absolute Gasteiger partial charge is 0.422 e. The van der Waals surface area contributed by atoms with Gasteiger partial charge in [0.15, 0.2) is 6.61 Å². The quantitative estimate of drug-likeness (QED) is 0.687. The van der Waals surface area contributed by atoms with Gasteiger partial charge in [-0.05, 0) is 23.8 Å². The molecule has 2 aromatic rings. The maximum absolute atomic E-state index is 12.3. The van der Waals surface area contributed by atoms with E-state index in [0.29, 0.717) is 0 Å². The molecule has 0 heterocycles. The molecule has 5 nitrogen and oxygen atoms in total. The van der Waals surface area contributed by atoms with Gasteiger partial charge in [-0.25, -0.2) is 0 Å². The molecule has 0 aliphatic carbocycles. The molecule has 2 amide bonds. The minimum atomic E-state index is -4.51. The Kier molecular flexibility index (Phi) is 7.69. The number of nitrogens with one attached hydrogen (secondary N) is 2. The fourth-order valence-electron chi connectivity index (χ4n) is 2.26. The van der Waals surface area contributed by atoms with Gasteiger partial charge < -0.3 is 15.4 Å². The molecule has 2 rings (SSSR count). The van der Waals surface area contributed by atoms with E-state index >= 15 is 0 Å². The van der Waals surface area contributed by atoms with Crippen molar-refractivity contribution in [2.75, 3.05) is 18.5 Å². The van der Waals surface area contributed by atoms with E-state index in [1.54, 1.807) is 0 Å². The van der Waals surface area contributed by atoms with Crippen LogP contribution >= 0.6 is 11.6 Å². The predicted octanol–water partition coefficient (Wildman–Crippen LogP) is 3.97. The Morgan fingerprint density at radius 3 is 2.43 bits per heavy atom. The molecule has 0 fully saturated rings. The summed E-state index contributed by atoms with van der Waals surface area (Å²) in [5.74, 6) is -0.890. The van der Waals surface area contributed by atoms with Gasteiger partial charge in [0.25, 0.3) is 0 Å². The fraction of sp³-hybridized carbons (Fsp3) is 0.263. The van der Waals surface area contributed by atoms with Crippen LogP contribution in [0.3, 0.4) is 0 Å². The summed E-state index contributed by atoms with van der Waals surface area (Å²) in [6.07, 6.45) is -4.39. The van der Waals surface area contributed by atoms with Crippen molar-refractivity contribution in [1.29, 1.82) is 0 Å². The first-order valence-corrected chi connectivity index (χ1v) is 8.70. The number of halogens is 4. The van der Waals surface area contributed by atoms with Gasteiger partial charge in [-0.2, -0.15) is 13.2 Å². The molecular formula is C19H18ClF3N2O3. The lowest BCUT2D eigenvalue weighted by atomic mass is 10.1. The van der Waals surface area contributed by atoms with Crippen LogP contribution in [0.15, 0.2) is 48.5 Å². The van der Waals surface area contributed by atoms with E-state index in [0.717, 1.165) is 5.56 Å². The summed E-state index contributed by atoms with van der Waals surface area (Å²) in [5, 5.41) is 5.28. The summed E-state index contributed by atoms with van der Waals surface area (Å²) in [6.45, 7) is -1.41. The second kappa shape index (κ2) is 9.98. The molecule has 0 bridgehead atoms. The lowest BCUT2D eigenvalue weighted by Gasteiger charge is -2.14. The van der Waals surface area contributed by atoms with Crippen LogP contribution in [0.2, 0.25) is 5.02 Å². The number of ether oxygens (including phenoxy) is 1. The Morgan fingerprint density at radius 2 is 1.75 bits per heavy atom. The van der Waals surface area contributed by atoms with Crippen LogP contribution in [0.25, 0.3) is 0 Å². The van der Waals surface area contributed by atoms with E-state index in [9.17, 15) is 22.8 Å². The number of hydrogen-bond acceptors (Lipinski definition) is 3. The normalized spacial score (nSPS) is 11.0. The molecule has 0 aromatic heterocycles. The molecule has 0 aliphatic rings. The summed E-state index contributed by atoms with van der Waals surface area (Å²) >= 11 is 5.83. The zero-order valence-corrected chi connectivity index (χ0v) is 15.4. The molecule has 0 atom stereocenters. The molecule has 2 N–H and O–H groups in total. The Balaban J connectivity index is 1.83. The van der Waals surface area contributed by atoms with Crippen molar-refractivity contribution in [3.63, 3.8) is 0 Å². The van der Waals surface area contributed by atoms with Crippen molar-refractivity contribution in [3.05, 3.63) is 59.1 Å². The van der Waals surface area contributed by atoms with Gasteiger partial charge in [-0.1, -0.05) is 41.9 Å². The monoisotopic (exact) mass is 414 g/mol. The first-order chi connectivity index (χ1) is 13.2. The van der Waals surface area contributed by atoms with Gasteiger partial charge in [-0.3, -0.25) is 9.59 Å². The van der Waals surface area contributed by atoms with Crippen LogP contribution in [-0.2, 0) is 16.0 Å². The van der Waals surface area contributed by atoms with Crippen LogP contribution in [-0.4, -0.2) is 31.1 Å². The number of hydrogen-bond donors (Lipinski definition) is 2. The first kappa shape index (κ1) is 21.6. The standard InChI is InChI=1S/C19H18ClF3N2O3/c20-14-6-7-16(28-12-19(21,22)23)15(11-14)25-17(26)8-9-24-18(27)10-13-4-2-1-3-5-13/h1-7,11H,8-10,12H2,(H,24,27)(H,25,26). The van der Waals surface area contributed by atoms with Crippen molar-refractivity contribution < 1.29 is 27.5 Å². The van der Waals surface area contributed by atoms with Crippen molar-refractivity contribution in [1.82, 2.24) is 5.32 Å². The van der Waals surface area contributed by atoms with E-state index in [2.05, 4.69) is 10.6 Å². The molecule has 28 heavy (non-hydrogen) atoms. The number of carbonyl (C=O) groups is 2. The number of rotatable bonds is 8. The Morgan fingerprint density at radius 1 is 1.04 bits per heavy atom. The van der Waals surface area contributed by atoms with Gasteiger partial charge in [0, 0.05) is 18.0 Å². The summed E-state index contributed by atoms with van der Waals surface area (Å²) < 4.78 is 41.7. The minimum absolute atomic E-state index is 0.0253. The van der Waals surface area contributed by atoms with Gasteiger partial charge in [0.2, 0.25) is 11.8 Å². The number of anilines is 1. The second-order valence-electron chi connectivity index (χ2n) is 5.85. The molecule has 0 saturated heterocycles. The summed E-state index contributed by atoms with van der Waals surface area (Å²) in [5.41, 5.74) is 0.868. The average molecular weight is 415 g/mol. The van der Waals surface area contributed by atoms with Gasteiger partial charge in [0.1, 0.15) is 5.75 Å². The van der Waals surface area contributed by atoms with Crippen LogP contribution in [0.4, 0.5) is 18.9 Å². The zero-order valence-electron chi connectivity index (χ0n) is 14.7. The molecule has 0 spiro atoms. The maximum atomic E-state index is 12.3. The summed E-state index contributed by atoms with van der Waals surface area (Å²) in [7, 11) is 0. The number of alkyl halides is 3. The summed E-state index contributed by atoms with van der Waals surface area (Å²) in [6, 6.07) is 13.0. The molecule has 150 valence electrons. The number of carbonyl (C=O) groups excluding carboxylic acids is 2. The van der Waals surface area contributed by atoms with Crippen molar-refractivity contribution in [3.8, 4) is 5.75 Å². The average Bonchev–Trinajstić information content (AvgIpc) is 2.61. The predicted molar refractivity (Wildman–Crippen MR) is 99.4 cm³/mol. The molecule has 2 aromatic carbocycles. The fourth-order valence-corrected chi connectivity index (χ4v) is 2.43. The van der Waals surface area contributed by atoms with Gasteiger partial charge in [0.05, 0.1) is 12.1 Å². The first-order valence-electron chi connectivity index (χ1n) is 8.32. The van der Waals surface area contributed by atoms with E-state index in [-0.39, 0.29) is 41.8 Å². The van der Waals surface area contributed by atoms with Gasteiger partial charge in [-0.15, -0.1) is 0 Å². The Labute approximate surface area is 164 Å². The lowest BCUT2D eigenvalue weighted by molar-refractivity contribution is -0.153. The molecule has 9 heteroatoms.